The van der Waals surface area contributed by atoms with Gasteiger partial charge in [0.25, 0.3) is 5.91 Å². The molecule has 0 atom stereocenters. The van der Waals surface area contributed by atoms with Gasteiger partial charge < -0.3 is 5.32 Å². The first-order valence-electron chi connectivity index (χ1n) is 8.17. The smallest absolute Gasteiger partial charge is 0.252 e. The molecular formula is C17H22BrClN2OS. The van der Waals surface area contributed by atoms with Crippen LogP contribution in [0.2, 0.25) is 5.02 Å². The third kappa shape index (κ3) is 4.06. The van der Waals surface area contributed by atoms with E-state index in [0.717, 1.165) is 24.1 Å². The number of thioether (sulfide) groups is 1. The Hall–Kier alpha value is -0.230. The van der Waals surface area contributed by atoms with Crippen LogP contribution in [0.3, 0.4) is 0 Å². The molecule has 1 saturated carbocycles. The van der Waals surface area contributed by atoms with E-state index in [1.807, 2.05) is 17.8 Å². The molecule has 1 aliphatic heterocycles. The van der Waals surface area contributed by atoms with Crippen molar-refractivity contribution in [2.24, 2.45) is 0 Å². The van der Waals surface area contributed by atoms with E-state index in [1.165, 1.54) is 37.2 Å². The van der Waals surface area contributed by atoms with E-state index < -0.39 is 0 Å². The molecule has 0 aromatic heterocycles. The number of amides is 1. The van der Waals surface area contributed by atoms with Crippen LogP contribution in [0.4, 0.5) is 0 Å². The van der Waals surface area contributed by atoms with Gasteiger partial charge in [0, 0.05) is 41.2 Å². The van der Waals surface area contributed by atoms with Crippen LogP contribution in [0.25, 0.3) is 0 Å². The van der Waals surface area contributed by atoms with Crippen molar-refractivity contribution in [2.45, 2.75) is 31.2 Å². The highest BCUT2D eigenvalue weighted by molar-refractivity contribution is 9.10. The maximum Gasteiger partial charge on any atom is 0.252 e. The molecule has 1 aliphatic carbocycles. The van der Waals surface area contributed by atoms with Crippen molar-refractivity contribution in [3.63, 3.8) is 0 Å². The van der Waals surface area contributed by atoms with E-state index in [9.17, 15) is 4.79 Å². The summed E-state index contributed by atoms with van der Waals surface area (Å²) in [5.41, 5.74) is 0.704. The number of nitrogens with zero attached hydrogens (tertiary/aromatic N) is 1. The Kier molecular flexibility index (Phi) is 5.94. The van der Waals surface area contributed by atoms with Crippen LogP contribution in [0, 0.1) is 0 Å². The maximum absolute atomic E-state index is 12.5. The molecule has 3 nitrogen and oxygen atoms in total. The topological polar surface area (TPSA) is 32.3 Å². The third-order valence-electron chi connectivity index (χ3n) is 4.97. The van der Waals surface area contributed by atoms with E-state index in [-0.39, 0.29) is 11.4 Å². The normalized spacial score (nSPS) is 21.3. The van der Waals surface area contributed by atoms with Crippen molar-refractivity contribution in [3.05, 3.63) is 33.3 Å². The summed E-state index contributed by atoms with van der Waals surface area (Å²) in [7, 11) is 0. The number of halogens is 2. The molecule has 126 valence electrons. The highest BCUT2D eigenvalue weighted by atomic mass is 79.9. The molecule has 0 radical (unpaired) electrons. The average Bonchev–Trinajstić information content (AvgIpc) is 3.04. The summed E-state index contributed by atoms with van der Waals surface area (Å²) >= 11 is 11.6. The number of rotatable bonds is 4. The van der Waals surface area contributed by atoms with E-state index in [1.54, 1.807) is 12.1 Å². The van der Waals surface area contributed by atoms with Crippen LogP contribution in [-0.4, -0.2) is 47.5 Å². The van der Waals surface area contributed by atoms with Gasteiger partial charge >= 0.3 is 0 Å². The first-order chi connectivity index (χ1) is 11.1. The number of carbonyl (C=O) groups is 1. The number of hydrogen-bond donors (Lipinski definition) is 1. The van der Waals surface area contributed by atoms with Gasteiger partial charge in [0.05, 0.1) is 10.6 Å². The summed E-state index contributed by atoms with van der Waals surface area (Å²) in [6.07, 6.45) is 4.90. The molecule has 3 rings (SSSR count). The summed E-state index contributed by atoms with van der Waals surface area (Å²) < 4.78 is 0.886. The first-order valence-corrected chi connectivity index (χ1v) is 10.5. The standard InChI is InChI=1S/C17H22BrClN2OS/c18-13-3-4-14(15(19)11-13)16(22)20-12-17(5-1-2-6-17)21-7-9-23-10-8-21/h3-4,11H,1-2,5-10,12H2,(H,20,22). The second-order valence-corrected chi connectivity index (χ2v) is 8.89. The third-order valence-corrected chi connectivity index (χ3v) is 6.72. The van der Waals surface area contributed by atoms with Crippen molar-refractivity contribution in [3.8, 4) is 0 Å². The summed E-state index contributed by atoms with van der Waals surface area (Å²) in [4.78, 5) is 15.1. The fraction of sp³-hybridized carbons (Fsp3) is 0.588. The lowest BCUT2D eigenvalue weighted by Crippen LogP contribution is -2.56. The zero-order valence-corrected chi connectivity index (χ0v) is 16.3. The molecule has 1 aromatic carbocycles. The average molecular weight is 418 g/mol. The van der Waals surface area contributed by atoms with Gasteiger partial charge in [-0.1, -0.05) is 40.4 Å². The molecule has 2 fully saturated rings. The van der Waals surface area contributed by atoms with Crippen molar-refractivity contribution < 1.29 is 4.79 Å². The summed E-state index contributed by atoms with van der Waals surface area (Å²) in [6, 6.07) is 5.40. The second kappa shape index (κ2) is 7.77. The fourth-order valence-corrected chi connectivity index (χ4v) is 5.35. The number of hydrogen-bond acceptors (Lipinski definition) is 3. The molecular weight excluding hydrogens is 396 g/mol. The van der Waals surface area contributed by atoms with Crippen LogP contribution in [0.1, 0.15) is 36.0 Å². The zero-order chi connectivity index (χ0) is 16.3. The van der Waals surface area contributed by atoms with Crippen LogP contribution >= 0.6 is 39.3 Å². The maximum atomic E-state index is 12.5. The molecule has 1 saturated heterocycles. The summed E-state index contributed by atoms with van der Waals surface area (Å²) in [5.74, 6) is 2.34. The molecule has 1 heterocycles. The molecule has 0 spiro atoms. The summed E-state index contributed by atoms with van der Waals surface area (Å²) in [6.45, 7) is 3.00. The highest BCUT2D eigenvalue weighted by Crippen LogP contribution is 2.36. The van der Waals surface area contributed by atoms with Crippen molar-refractivity contribution in [1.29, 1.82) is 0 Å². The van der Waals surface area contributed by atoms with E-state index in [0.29, 0.717) is 10.6 Å². The minimum absolute atomic E-state index is 0.0693. The van der Waals surface area contributed by atoms with Crippen LogP contribution in [0.5, 0.6) is 0 Å². The Balaban J connectivity index is 1.68. The Morgan fingerprint density at radius 1 is 1.30 bits per heavy atom. The van der Waals surface area contributed by atoms with Crippen LogP contribution in [-0.2, 0) is 0 Å². The van der Waals surface area contributed by atoms with Gasteiger partial charge in [0.15, 0.2) is 0 Å². The van der Waals surface area contributed by atoms with Gasteiger partial charge in [-0.05, 0) is 31.0 Å². The molecule has 0 unspecified atom stereocenters. The van der Waals surface area contributed by atoms with Crippen molar-refractivity contribution in [2.75, 3.05) is 31.1 Å². The lowest BCUT2D eigenvalue weighted by Gasteiger charge is -2.43. The van der Waals surface area contributed by atoms with E-state index >= 15 is 0 Å². The quantitative estimate of drug-likeness (QED) is 0.797. The summed E-state index contributed by atoms with van der Waals surface area (Å²) in [5, 5.41) is 3.64. The number of nitrogens with one attached hydrogen (secondary N) is 1. The monoisotopic (exact) mass is 416 g/mol. The predicted octanol–water partition coefficient (Wildman–Crippen LogP) is 4.19. The molecule has 1 amide bonds. The first kappa shape index (κ1) is 17.6. The Bertz CT molecular complexity index is 572. The van der Waals surface area contributed by atoms with Crippen LogP contribution in [0.15, 0.2) is 22.7 Å². The Labute approximate surface area is 155 Å². The van der Waals surface area contributed by atoms with Gasteiger partial charge in [-0.3, -0.25) is 9.69 Å². The van der Waals surface area contributed by atoms with Gasteiger partial charge in [-0.15, -0.1) is 0 Å². The Morgan fingerprint density at radius 3 is 2.65 bits per heavy atom. The van der Waals surface area contributed by atoms with E-state index in [4.69, 9.17) is 11.6 Å². The molecule has 23 heavy (non-hydrogen) atoms. The predicted molar refractivity (Wildman–Crippen MR) is 102 cm³/mol. The van der Waals surface area contributed by atoms with E-state index in [2.05, 4.69) is 26.1 Å². The number of carbonyl (C=O) groups excluding carboxylic acids is 1. The molecule has 2 aliphatic rings. The lowest BCUT2D eigenvalue weighted by molar-refractivity contribution is 0.0817. The molecule has 6 heteroatoms. The van der Waals surface area contributed by atoms with Crippen molar-refractivity contribution >= 4 is 45.2 Å². The lowest BCUT2D eigenvalue weighted by atomic mass is 9.94. The molecule has 1 aromatic rings. The molecule has 1 N–H and O–H groups in total. The second-order valence-electron chi connectivity index (χ2n) is 6.34. The minimum atomic E-state index is -0.0693. The largest absolute Gasteiger partial charge is 0.350 e. The zero-order valence-electron chi connectivity index (χ0n) is 13.1. The van der Waals surface area contributed by atoms with Crippen molar-refractivity contribution in [1.82, 2.24) is 10.2 Å². The van der Waals surface area contributed by atoms with Gasteiger partial charge in [-0.2, -0.15) is 11.8 Å². The van der Waals surface area contributed by atoms with Gasteiger partial charge in [-0.25, -0.2) is 0 Å². The fourth-order valence-electron chi connectivity index (χ4n) is 3.69. The van der Waals surface area contributed by atoms with Gasteiger partial charge in [0.2, 0.25) is 0 Å². The minimum Gasteiger partial charge on any atom is -0.350 e. The van der Waals surface area contributed by atoms with Crippen LogP contribution < -0.4 is 5.32 Å². The SMILES string of the molecule is O=C(NCC1(N2CCSCC2)CCCC1)c1ccc(Br)cc1Cl. The highest BCUT2D eigenvalue weighted by Gasteiger charge is 2.40. The molecule has 0 bridgehead atoms. The number of benzene rings is 1. The van der Waals surface area contributed by atoms with Gasteiger partial charge in [0.1, 0.15) is 0 Å². The Morgan fingerprint density at radius 2 is 2.00 bits per heavy atom.